The van der Waals surface area contributed by atoms with Crippen molar-refractivity contribution in [3.63, 3.8) is 0 Å². The van der Waals surface area contributed by atoms with E-state index in [2.05, 4.69) is 5.32 Å². The topological polar surface area (TPSA) is 67.9 Å². The largest absolute Gasteiger partial charge is 0.492 e. The van der Waals surface area contributed by atoms with E-state index in [0.717, 1.165) is 11.3 Å². The molecule has 0 aromatic heterocycles. The normalized spacial score (nSPS) is 15.7. The first kappa shape index (κ1) is 20.7. The molecule has 2 amide bonds. The molecule has 29 heavy (non-hydrogen) atoms. The molecule has 0 spiro atoms. The van der Waals surface area contributed by atoms with Crippen LogP contribution in [0.15, 0.2) is 42.5 Å². The van der Waals surface area contributed by atoms with Crippen molar-refractivity contribution in [2.24, 2.45) is 5.92 Å². The first-order chi connectivity index (χ1) is 13.8. The van der Waals surface area contributed by atoms with Crippen molar-refractivity contribution < 1.29 is 19.1 Å². The van der Waals surface area contributed by atoms with Crippen molar-refractivity contribution in [1.82, 2.24) is 0 Å². The summed E-state index contributed by atoms with van der Waals surface area (Å²) in [6.07, 6.45) is -0.124. The third-order valence-electron chi connectivity index (χ3n) is 4.65. The minimum Gasteiger partial charge on any atom is -0.492 e. The van der Waals surface area contributed by atoms with E-state index in [1.54, 1.807) is 30.0 Å². The molecular weight excluding hydrogens is 368 g/mol. The van der Waals surface area contributed by atoms with E-state index in [1.165, 1.54) is 0 Å². The van der Waals surface area contributed by atoms with Gasteiger partial charge in [0, 0.05) is 12.1 Å². The second-order valence-corrected chi connectivity index (χ2v) is 7.74. The third kappa shape index (κ3) is 5.28. The highest BCUT2D eigenvalue weighted by Gasteiger charge is 2.31. The fourth-order valence-electron chi connectivity index (χ4n) is 3.19. The first-order valence-electron chi connectivity index (χ1n) is 9.95. The third-order valence-corrected chi connectivity index (χ3v) is 4.65. The molecular formula is C23H28N2O4. The molecule has 1 aliphatic rings. The number of amides is 2. The number of benzene rings is 2. The van der Waals surface area contributed by atoms with Gasteiger partial charge in [-0.3, -0.25) is 9.59 Å². The van der Waals surface area contributed by atoms with Crippen molar-refractivity contribution in [1.29, 1.82) is 0 Å². The summed E-state index contributed by atoms with van der Waals surface area (Å²) in [5.74, 6) is 1.48. The van der Waals surface area contributed by atoms with Gasteiger partial charge in [-0.2, -0.15) is 0 Å². The summed E-state index contributed by atoms with van der Waals surface area (Å²) < 4.78 is 11.5. The molecule has 154 valence electrons. The minimum absolute atomic E-state index is 0.0503. The van der Waals surface area contributed by atoms with Crippen LogP contribution in [0.3, 0.4) is 0 Å². The lowest BCUT2D eigenvalue weighted by atomic mass is 10.1. The highest BCUT2D eigenvalue weighted by Crippen LogP contribution is 2.36. The molecule has 6 heteroatoms. The Balaban J connectivity index is 1.73. The average Bonchev–Trinajstić information content (AvgIpc) is 2.66. The highest BCUT2D eigenvalue weighted by molar-refractivity contribution is 6.01. The molecule has 1 heterocycles. The Hall–Kier alpha value is -3.02. The molecule has 1 atom stereocenters. The summed E-state index contributed by atoms with van der Waals surface area (Å²) in [5, 5.41) is 2.89. The maximum atomic E-state index is 12.7. The van der Waals surface area contributed by atoms with Gasteiger partial charge in [0.1, 0.15) is 18.1 Å². The average molecular weight is 396 g/mol. The number of nitrogens with zero attached hydrogens (tertiary/aromatic N) is 1. The molecule has 0 saturated heterocycles. The summed E-state index contributed by atoms with van der Waals surface area (Å²) in [7, 11) is 0. The Labute approximate surface area is 171 Å². The molecule has 1 aliphatic heterocycles. The SMILES string of the molecule is Cc1ccc(OCCN2C(=O)C(C)Oc3ccc(NC(=O)CC(C)C)cc32)cc1. The van der Waals surface area contributed by atoms with Gasteiger partial charge in [-0.05, 0) is 50.1 Å². The number of aryl methyl sites for hydroxylation is 1. The van der Waals surface area contributed by atoms with Crippen LogP contribution in [-0.4, -0.2) is 31.1 Å². The Bertz CT molecular complexity index is 877. The Morgan fingerprint density at radius 2 is 1.93 bits per heavy atom. The number of hydrogen-bond donors (Lipinski definition) is 1. The number of hydrogen-bond acceptors (Lipinski definition) is 4. The van der Waals surface area contributed by atoms with Crippen LogP contribution in [0, 0.1) is 12.8 Å². The number of ether oxygens (including phenoxy) is 2. The summed E-state index contributed by atoms with van der Waals surface area (Å²) in [4.78, 5) is 26.5. The van der Waals surface area contributed by atoms with E-state index in [9.17, 15) is 9.59 Å². The van der Waals surface area contributed by atoms with Crippen molar-refractivity contribution in [3.05, 3.63) is 48.0 Å². The summed E-state index contributed by atoms with van der Waals surface area (Å²) in [6.45, 7) is 8.48. The maximum Gasteiger partial charge on any atom is 0.267 e. The van der Waals surface area contributed by atoms with Gasteiger partial charge in [-0.25, -0.2) is 0 Å². The van der Waals surface area contributed by atoms with E-state index < -0.39 is 6.10 Å². The number of rotatable bonds is 7. The van der Waals surface area contributed by atoms with E-state index >= 15 is 0 Å². The first-order valence-corrected chi connectivity index (χ1v) is 9.95. The van der Waals surface area contributed by atoms with Crippen LogP contribution >= 0.6 is 0 Å². The molecule has 2 aromatic carbocycles. The van der Waals surface area contributed by atoms with Crippen molar-refractivity contribution in [3.8, 4) is 11.5 Å². The zero-order chi connectivity index (χ0) is 21.0. The van der Waals surface area contributed by atoms with Crippen molar-refractivity contribution >= 4 is 23.2 Å². The number of nitrogens with one attached hydrogen (secondary N) is 1. The van der Waals surface area contributed by atoms with E-state index in [0.29, 0.717) is 36.7 Å². The Morgan fingerprint density at radius 1 is 1.21 bits per heavy atom. The predicted octanol–water partition coefficient (Wildman–Crippen LogP) is 4.17. The van der Waals surface area contributed by atoms with Gasteiger partial charge < -0.3 is 19.7 Å². The minimum atomic E-state index is -0.566. The van der Waals surface area contributed by atoms with Gasteiger partial charge in [-0.15, -0.1) is 0 Å². The van der Waals surface area contributed by atoms with Gasteiger partial charge in [0.05, 0.1) is 12.2 Å². The molecule has 3 rings (SSSR count). The molecule has 0 bridgehead atoms. The molecule has 1 unspecified atom stereocenters. The lowest BCUT2D eigenvalue weighted by Crippen LogP contribution is -2.46. The Morgan fingerprint density at radius 3 is 2.62 bits per heavy atom. The van der Waals surface area contributed by atoms with E-state index in [4.69, 9.17) is 9.47 Å². The zero-order valence-corrected chi connectivity index (χ0v) is 17.4. The lowest BCUT2D eigenvalue weighted by Gasteiger charge is -2.33. The van der Waals surface area contributed by atoms with Crippen LogP contribution in [-0.2, 0) is 9.59 Å². The van der Waals surface area contributed by atoms with Crippen LogP contribution < -0.4 is 19.7 Å². The van der Waals surface area contributed by atoms with Gasteiger partial charge in [0.15, 0.2) is 6.10 Å². The van der Waals surface area contributed by atoms with Crippen molar-refractivity contribution in [2.45, 2.75) is 40.2 Å². The molecule has 1 N–H and O–H groups in total. The summed E-state index contributed by atoms with van der Waals surface area (Å²) in [6, 6.07) is 13.2. The van der Waals surface area contributed by atoms with Gasteiger partial charge in [0.2, 0.25) is 5.91 Å². The van der Waals surface area contributed by atoms with E-state index in [1.807, 2.05) is 45.0 Å². The molecule has 0 radical (unpaired) electrons. The zero-order valence-electron chi connectivity index (χ0n) is 17.4. The fourth-order valence-corrected chi connectivity index (χ4v) is 3.19. The van der Waals surface area contributed by atoms with Crippen LogP contribution in [0.4, 0.5) is 11.4 Å². The summed E-state index contributed by atoms with van der Waals surface area (Å²) >= 11 is 0. The number of anilines is 2. The second kappa shape index (κ2) is 8.99. The van der Waals surface area contributed by atoms with Gasteiger partial charge in [0.25, 0.3) is 5.91 Å². The molecule has 0 fully saturated rings. The monoisotopic (exact) mass is 396 g/mol. The van der Waals surface area contributed by atoms with Crippen molar-refractivity contribution in [2.75, 3.05) is 23.4 Å². The van der Waals surface area contributed by atoms with Crippen LogP contribution in [0.25, 0.3) is 0 Å². The summed E-state index contributed by atoms with van der Waals surface area (Å²) in [5.41, 5.74) is 2.45. The van der Waals surface area contributed by atoms with Gasteiger partial charge in [-0.1, -0.05) is 31.5 Å². The Kier molecular flexibility index (Phi) is 6.42. The molecule has 6 nitrogen and oxygen atoms in total. The maximum absolute atomic E-state index is 12.7. The number of fused-ring (bicyclic) bond motifs is 1. The van der Waals surface area contributed by atoms with Gasteiger partial charge >= 0.3 is 0 Å². The molecule has 2 aromatic rings. The van der Waals surface area contributed by atoms with Crippen LogP contribution in [0.5, 0.6) is 11.5 Å². The van der Waals surface area contributed by atoms with Crippen LogP contribution in [0.2, 0.25) is 0 Å². The smallest absolute Gasteiger partial charge is 0.267 e. The number of carbonyl (C=O) groups is 2. The molecule has 0 saturated carbocycles. The predicted molar refractivity (Wildman–Crippen MR) is 114 cm³/mol. The number of carbonyl (C=O) groups excluding carboxylic acids is 2. The lowest BCUT2D eigenvalue weighted by molar-refractivity contribution is -0.125. The molecule has 0 aliphatic carbocycles. The fraction of sp³-hybridized carbons (Fsp3) is 0.391. The second-order valence-electron chi connectivity index (χ2n) is 7.74. The van der Waals surface area contributed by atoms with Crippen LogP contribution in [0.1, 0.15) is 32.8 Å². The standard InChI is InChI=1S/C23H28N2O4/c1-15(2)13-22(26)24-18-7-10-21-20(14-18)25(23(27)17(4)29-21)11-12-28-19-8-5-16(3)6-9-19/h5-10,14-15,17H,11-13H2,1-4H3,(H,24,26). The highest BCUT2D eigenvalue weighted by atomic mass is 16.5. The quantitative estimate of drug-likeness (QED) is 0.763. The van der Waals surface area contributed by atoms with E-state index in [-0.39, 0.29) is 17.7 Å².